The fraction of sp³-hybridized carbons (Fsp3) is 0.0769. The summed E-state index contributed by atoms with van der Waals surface area (Å²) in [6.45, 7) is 0.257. The molecule has 1 heterocycles. The molecule has 0 aliphatic carbocycles. The van der Waals surface area contributed by atoms with Crippen LogP contribution in [0.5, 0.6) is 0 Å². The average molecular weight is 299 g/mol. The van der Waals surface area contributed by atoms with Gasteiger partial charge in [0.1, 0.15) is 10.8 Å². The number of halogens is 3. The molecule has 1 aromatic carbocycles. The van der Waals surface area contributed by atoms with Crippen molar-refractivity contribution >= 4 is 29.3 Å². The van der Waals surface area contributed by atoms with Crippen molar-refractivity contribution in [2.24, 2.45) is 0 Å². The van der Waals surface area contributed by atoms with Crippen LogP contribution < -0.4 is 5.56 Å². The third-order valence-corrected chi connectivity index (χ3v) is 3.15. The van der Waals surface area contributed by atoms with Gasteiger partial charge in [-0.15, -0.1) is 0 Å². The highest BCUT2D eigenvalue weighted by Gasteiger charge is 2.05. The van der Waals surface area contributed by atoms with Gasteiger partial charge in [-0.2, -0.15) is 5.10 Å². The quantitative estimate of drug-likeness (QED) is 0.870. The topological polar surface area (TPSA) is 34.9 Å². The molecule has 1 aromatic heterocycles. The molecule has 0 saturated heterocycles. The van der Waals surface area contributed by atoms with Crippen molar-refractivity contribution in [1.82, 2.24) is 9.78 Å². The molecule has 2 rings (SSSR count). The van der Waals surface area contributed by atoms with E-state index in [1.54, 1.807) is 24.3 Å². The van der Waals surface area contributed by atoms with Crippen molar-refractivity contribution in [2.45, 2.75) is 6.54 Å². The molecule has 6 heteroatoms. The minimum absolute atomic E-state index is 0.0492. The highest BCUT2D eigenvalue weighted by molar-refractivity contribution is 6.41. The van der Waals surface area contributed by atoms with Crippen molar-refractivity contribution in [3.05, 3.63) is 68.3 Å². The van der Waals surface area contributed by atoms with Crippen molar-refractivity contribution in [3.8, 4) is 0 Å². The van der Waals surface area contributed by atoms with E-state index in [0.29, 0.717) is 0 Å². The van der Waals surface area contributed by atoms with Crippen LogP contribution in [0.1, 0.15) is 5.56 Å². The van der Waals surface area contributed by atoms with Gasteiger partial charge in [-0.3, -0.25) is 4.79 Å². The Hall–Kier alpha value is -1.65. The lowest BCUT2D eigenvalue weighted by Crippen LogP contribution is -2.22. The summed E-state index contributed by atoms with van der Waals surface area (Å²) < 4.78 is 13.9. The lowest BCUT2D eigenvalue weighted by molar-refractivity contribution is 0.627. The molecule has 0 amide bonds. The standard InChI is InChI=1S/C13H9Cl2FN2O/c14-11-8-17-18(13(19)12(11)15)7-1-2-9-3-5-10(16)6-4-9/h1-6,8H,7H2/b2-1+. The molecule has 0 aliphatic heterocycles. The Bertz CT molecular complexity index is 665. The van der Waals surface area contributed by atoms with E-state index in [-0.39, 0.29) is 22.4 Å². The summed E-state index contributed by atoms with van der Waals surface area (Å²) in [6, 6.07) is 6.00. The summed E-state index contributed by atoms with van der Waals surface area (Å²) in [5, 5.41) is 3.94. The Labute approximate surface area is 118 Å². The van der Waals surface area contributed by atoms with Crippen LogP contribution in [-0.4, -0.2) is 9.78 Å². The Morgan fingerprint density at radius 2 is 1.95 bits per heavy atom. The lowest BCUT2D eigenvalue weighted by atomic mass is 10.2. The molecule has 0 unspecified atom stereocenters. The Kier molecular flexibility index (Phi) is 4.35. The first-order valence-electron chi connectivity index (χ1n) is 5.41. The van der Waals surface area contributed by atoms with Crippen molar-refractivity contribution in [2.75, 3.05) is 0 Å². The second-order valence-electron chi connectivity index (χ2n) is 3.75. The van der Waals surface area contributed by atoms with Crippen LogP contribution in [0.3, 0.4) is 0 Å². The maximum Gasteiger partial charge on any atom is 0.287 e. The smallest absolute Gasteiger partial charge is 0.266 e. The second-order valence-corrected chi connectivity index (χ2v) is 4.53. The molecule has 3 nitrogen and oxygen atoms in total. The summed E-state index contributed by atoms with van der Waals surface area (Å²) >= 11 is 11.4. The van der Waals surface area contributed by atoms with Crippen LogP contribution in [0.4, 0.5) is 4.39 Å². The predicted molar refractivity (Wildman–Crippen MR) is 74.0 cm³/mol. The van der Waals surface area contributed by atoms with E-state index >= 15 is 0 Å². The van der Waals surface area contributed by atoms with Crippen LogP contribution in [0, 0.1) is 5.82 Å². The van der Waals surface area contributed by atoms with Gasteiger partial charge < -0.3 is 0 Å². The molecule has 0 atom stereocenters. The van der Waals surface area contributed by atoms with Gasteiger partial charge in [-0.1, -0.05) is 47.5 Å². The first-order valence-corrected chi connectivity index (χ1v) is 6.17. The number of allylic oxidation sites excluding steroid dienone is 1. The molecule has 0 spiro atoms. The number of nitrogens with zero attached hydrogens (tertiary/aromatic N) is 2. The molecule has 19 heavy (non-hydrogen) atoms. The Morgan fingerprint density at radius 3 is 2.63 bits per heavy atom. The molecule has 0 radical (unpaired) electrons. The molecular weight excluding hydrogens is 290 g/mol. The summed E-state index contributed by atoms with van der Waals surface area (Å²) in [5.74, 6) is -0.292. The van der Waals surface area contributed by atoms with E-state index in [9.17, 15) is 9.18 Å². The second kappa shape index (κ2) is 5.99. The molecule has 0 saturated carbocycles. The molecule has 98 valence electrons. The van der Waals surface area contributed by atoms with Crippen LogP contribution >= 0.6 is 23.2 Å². The monoisotopic (exact) mass is 298 g/mol. The van der Waals surface area contributed by atoms with Crippen LogP contribution in [0.2, 0.25) is 10.0 Å². The maximum atomic E-state index is 12.7. The largest absolute Gasteiger partial charge is 0.287 e. The zero-order chi connectivity index (χ0) is 13.8. The van der Waals surface area contributed by atoms with Crippen molar-refractivity contribution in [1.29, 1.82) is 0 Å². The van der Waals surface area contributed by atoms with Crippen LogP contribution in [0.25, 0.3) is 6.08 Å². The van der Waals surface area contributed by atoms with Gasteiger partial charge in [0.05, 0.1) is 17.8 Å². The minimum atomic E-state index is -0.446. The Balaban J connectivity index is 2.13. The first-order chi connectivity index (χ1) is 9.08. The fourth-order valence-corrected chi connectivity index (χ4v) is 1.71. The Morgan fingerprint density at radius 1 is 1.26 bits per heavy atom. The first kappa shape index (κ1) is 13.8. The van der Waals surface area contributed by atoms with Crippen molar-refractivity contribution < 1.29 is 4.39 Å². The maximum absolute atomic E-state index is 12.7. The summed E-state index contributed by atoms with van der Waals surface area (Å²) in [7, 11) is 0. The van der Waals surface area contributed by atoms with E-state index in [1.807, 2.05) is 0 Å². The minimum Gasteiger partial charge on any atom is -0.266 e. The summed E-state index contributed by atoms with van der Waals surface area (Å²) in [5.41, 5.74) is 0.382. The van der Waals surface area contributed by atoms with Crippen LogP contribution in [0.15, 0.2) is 41.3 Å². The van der Waals surface area contributed by atoms with E-state index in [0.717, 1.165) is 5.56 Å². The molecule has 2 aromatic rings. The number of rotatable bonds is 3. The highest BCUT2D eigenvalue weighted by Crippen LogP contribution is 2.14. The van der Waals surface area contributed by atoms with E-state index < -0.39 is 5.56 Å². The van der Waals surface area contributed by atoms with Gasteiger partial charge in [0.25, 0.3) is 5.56 Å². The third kappa shape index (κ3) is 3.43. The average Bonchev–Trinajstić information content (AvgIpc) is 2.41. The molecule has 0 N–H and O–H groups in total. The summed E-state index contributed by atoms with van der Waals surface area (Å²) in [6.07, 6.45) is 4.80. The van der Waals surface area contributed by atoms with Gasteiger partial charge in [0.15, 0.2) is 0 Å². The fourth-order valence-electron chi connectivity index (χ4n) is 1.44. The molecule has 0 fully saturated rings. The van der Waals surface area contributed by atoms with E-state index in [4.69, 9.17) is 23.2 Å². The molecular formula is C13H9Cl2FN2O. The van der Waals surface area contributed by atoms with Crippen molar-refractivity contribution in [3.63, 3.8) is 0 Å². The highest BCUT2D eigenvalue weighted by atomic mass is 35.5. The predicted octanol–water partition coefficient (Wildman–Crippen LogP) is 3.40. The van der Waals surface area contributed by atoms with E-state index in [2.05, 4.69) is 5.10 Å². The number of hydrogen-bond donors (Lipinski definition) is 0. The third-order valence-electron chi connectivity index (χ3n) is 2.40. The molecule has 0 bridgehead atoms. The number of hydrogen-bond acceptors (Lipinski definition) is 2. The zero-order valence-electron chi connectivity index (χ0n) is 9.69. The number of benzene rings is 1. The van der Waals surface area contributed by atoms with Gasteiger partial charge in [-0.25, -0.2) is 9.07 Å². The van der Waals surface area contributed by atoms with Gasteiger partial charge in [0.2, 0.25) is 0 Å². The van der Waals surface area contributed by atoms with E-state index in [1.165, 1.54) is 23.0 Å². The van der Waals surface area contributed by atoms with Gasteiger partial charge in [-0.05, 0) is 17.7 Å². The number of aromatic nitrogens is 2. The molecule has 0 aliphatic rings. The SMILES string of the molecule is O=c1c(Cl)c(Cl)cnn1C/C=C/c1ccc(F)cc1. The summed E-state index contributed by atoms with van der Waals surface area (Å²) in [4.78, 5) is 11.7. The van der Waals surface area contributed by atoms with Gasteiger partial charge in [0, 0.05) is 0 Å². The normalized spacial score (nSPS) is 11.1. The lowest BCUT2D eigenvalue weighted by Gasteiger charge is -2.01. The van der Waals surface area contributed by atoms with Crippen LogP contribution in [-0.2, 0) is 6.54 Å². The zero-order valence-corrected chi connectivity index (χ0v) is 11.2. The van der Waals surface area contributed by atoms with Gasteiger partial charge >= 0.3 is 0 Å².